The molecule has 1 aromatic heterocycles. The van der Waals surface area contributed by atoms with Gasteiger partial charge in [0.2, 0.25) is 5.91 Å². The quantitative estimate of drug-likeness (QED) is 0.798. The van der Waals surface area contributed by atoms with Crippen molar-refractivity contribution in [3.63, 3.8) is 0 Å². The minimum atomic E-state index is -0.251. The van der Waals surface area contributed by atoms with Gasteiger partial charge in [-0.1, -0.05) is 12.1 Å². The van der Waals surface area contributed by atoms with Gasteiger partial charge in [-0.25, -0.2) is 0 Å². The highest BCUT2D eigenvalue weighted by molar-refractivity contribution is 5.86. The summed E-state index contributed by atoms with van der Waals surface area (Å²) in [6.07, 6.45) is 2.77. The molecule has 0 radical (unpaired) electrons. The van der Waals surface area contributed by atoms with Crippen LogP contribution in [0.5, 0.6) is 0 Å². The normalized spacial score (nSPS) is 21.0. The number of aryl methyl sites for hydroxylation is 1. The van der Waals surface area contributed by atoms with Crippen LogP contribution in [-0.4, -0.2) is 42.7 Å². The predicted molar refractivity (Wildman–Crippen MR) is 94.2 cm³/mol. The minimum absolute atomic E-state index is 0. The maximum Gasteiger partial charge on any atom is 0.239 e. The number of aromatic nitrogens is 1. The lowest BCUT2D eigenvalue weighted by Crippen LogP contribution is -2.55. The summed E-state index contributed by atoms with van der Waals surface area (Å²) in [5, 5.41) is 7.49. The van der Waals surface area contributed by atoms with Crippen LogP contribution in [0.2, 0.25) is 0 Å². The summed E-state index contributed by atoms with van der Waals surface area (Å²) in [6.45, 7) is 6.07. The number of benzene rings is 1. The fourth-order valence-electron chi connectivity index (χ4n) is 3.11. The Morgan fingerprint density at radius 2 is 2.26 bits per heavy atom. The molecule has 3 N–H and O–H groups in total. The zero-order chi connectivity index (χ0) is 15.5. The lowest BCUT2D eigenvalue weighted by Gasteiger charge is -2.29. The van der Waals surface area contributed by atoms with Gasteiger partial charge in [-0.15, -0.1) is 12.4 Å². The third-order valence-corrected chi connectivity index (χ3v) is 4.29. The van der Waals surface area contributed by atoms with Gasteiger partial charge in [0.25, 0.3) is 0 Å². The van der Waals surface area contributed by atoms with Gasteiger partial charge in [0.05, 0.1) is 12.7 Å². The van der Waals surface area contributed by atoms with Gasteiger partial charge in [-0.2, -0.15) is 0 Å². The highest BCUT2D eigenvalue weighted by atomic mass is 35.5. The van der Waals surface area contributed by atoms with E-state index < -0.39 is 0 Å². The number of aromatic amines is 1. The van der Waals surface area contributed by atoms with E-state index in [1.165, 1.54) is 16.5 Å². The summed E-state index contributed by atoms with van der Waals surface area (Å²) in [6, 6.07) is 5.99. The van der Waals surface area contributed by atoms with E-state index >= 15 is 0 Å². The predicted octanol–water partition coefficient (Wildman–Crippen LogP) is 1.93. The number of hydrogen-bond donors (Lipinski definition) is 3. The zero-order valence-corrected chi connectivity index (χ0v) is 14.3. The molecule has 1 amide bonds. The average molecular weight is 338 g/mol. The molecule has 1 aliphatic heterocycles. The van der Waals surface area contributed by atoms with E-state index in [9.17, 15) is 4.79 Å². The van der Waals surface area contributed by atoms with Gasteiger partial charge in [0, 0.05) is 30.2 Å². The van der Waals surface area contributed by atoms with Gasteiger partial charge >= 0.3 is 0 Å². The van der Waals surface area contributed by atoms with Crippen molar-refractivity contribution in [1.82, 2.24) is 15.6 Å². The van der Waals surface area contributed by atoms with E-state index in [-0.39, 0.29) is 30.5 Å². The van der Waals surface area contributed by atoms with Crippen molar-refractivity contribution < 1.29 is 9.53 Å². The number of rotatable bonds is 4. The Hall–Kier alpha value is -1.56. The fraction of sp³-hybridized carbons (Fsp3) is 0.471. The first-order valence-electron chi connectivity index (χ1n) is 7.85. The second-order valence-corrected chi connectivity index (χ2v) is 5.86. The van der Waals surface area contributed by atoms with Crippen molar-refractivity contribution in [1.29, 1.82) is 0 Å². The smallest absolute Gasteiger partial charge is 0.239 e. The van der Waals surface area contributed by atoms with E-state index in [4.69, 9.17) is 4.74 Å². The average Bonchev–Trinajstić information content (AvgIpc) is 2.92. The lowest BCUT2D eigenvalue weighted by molar-refractivity contribution is -0.128. The first-order valence-corrected chi connectivity index (χ1v) is 7.85. The van der Waals surface area contributed by atoms with E-state index in [2.05, 4.69) is 40.7 Å². The highest BCUT2D eigenvalue weighted by Crippen LogP contribution is 2.22. The van der Waals surface area contributed by atoms with Crippen molar-refractivity contribution in [2.24, 2.45) is 0 Å². The second kappa shape index (κ2) is 7.81. The van der Waals surface area contributed by atoms with E-state index in [0.717, 1.165) is 18.5 Å². The number of hydrogen-bond acceptors (Lipinski definition) is 3. The van der Waals surface area contributed by atoms with Crippen molar-refractivity contribution >= 4 is 29.2 Å². The highest BCUT2D eigenvalue weighted by Gasteiger charge is 2.27. The summed E-state index contributed by atoms with van der Waals surface area (Å²) in [5.74, 6) is 0.0174. The molecule has 0 aliphatic carbocycles. The lowest BCUT2D eigenvalue weighted by atomic mass is 10.1. The van der Waals surface area contributed by atoms with E-state index in [1.807, 2.05) is 13.1 Å². The number of nitrogens with one attached hydrogen (secondary N) is 3. The number of ether oxygens (including phenoxy) is 1. The van der Waals surface area contributed by atoms with Crippen LogP contribution >= 0.6 is 12.4 Å². The molecule has 1 aromatic carbocycles. The molecule has 2 atom stereocenters. The minimum Gasteiger partial charge on any atom is -0.375 e. The van der Waals surface area contributed by atoms with Crippen LogP contribution in [0.3, 0.4) is 0 Å². The van der Waals surface area contributed by atoms with E-state index in [1.54, 1.807) is 0 Å². The molecule has 23 heavy (non-hydrogen) atoms. The maximum absolute atomic E-state index is 12.2. The van der Waals surface area contributed by atoms with Crippen molar-refractivity contribution in [3.8, 4) is 0 Å². The summed E-state index contributed by atoms with van der Waals surface area (Å²) in [7, 11) is 0. The monoisotopic (exact) mass is 337 g/mol. The molecule has 5 nitrogen and oxygen atoms in total. The maximum atomic E-state index is 12.2. The molecule has 3 rings (SSSR count). The van der Waals surface area contributed by atoms with Crippen molar-refractivity contribution in [2.75, 3.05) is 19.7 Å². The molecule has 1 saturated heterocycles. The standard InChI is InChI=1S/C17H23N3O2.ClH/c1-11-4-3-5-14-15(11)13(10-20-14)6-7-19-17(21)16-12(2)22-9-8-18-16;/h3-5,10,12,16,18,20H,6-9H2,1-2H3,(H,19,21);1H/t12-,16+;/m1./s1. The Balaban J connectivity index is 0.00000192. The van der Waals surface area contributed by atoms with Crippen LogP contribution in [0, 0.1) is 6.92 Å². The number of fused-ring (bicyclic) bond motifs is 1. The molecule has 0 spiro atoms. The summed E-state index contributed by atoms with van der Waals surface area (Å²) in [5.41, 5.74) is 3.66. The second-order valence-electron chi connectivity index (χ2n) is 5.86. The Kier molecular flexibility index (Phi) is 6.04. The SMILES string of the molecule is Cc1cccc2[nH]cc(CCNC(=O)[C@H]3NCCO[C@@H]3C)c12.Cl. The van der Waals surface area contributed by atoms with Crippen LogP contribution in [-0.2, 0) is 16.0 Å². The van der Waals surface area contributed by atoms with Gasteiger partial charge in [0.1, 0.15) is 6.04 Å². The van der Waals surface area contributed by atoms with Crippen molar-refractivity contribution in [3.05, 3.63) is 35.5 Å². The van der Waals surface area contributed by atoms with Crippen molar-refractivity contribution in [2.45, 2.75) is 32.4 Å². The van der Waals surface area contributed by atoms with Crippen LogP contribution in [0.4, 0.5) is 0 Å². The number of amides is 1. The molecule has 0 bridgehead atoms. The topological polar surface area (TPSA) is 66.2 Å². The molecular weight excluding hydrogens is 314 g/mol. The molecule has 1 aliphatic rings. The van der Waals surface area contributed by atoms with Gasteiger partial charge in [-0.05, 0) is 37.5 Å². The largest absolute Gasteiger partial charge is 0.375 e. The Bertz CT molecular complexity index is 671. The van der Waals surface area contributed by atoms with E-state index in [0.29, 0.717) is 13.2 Å². The van der Waals surface area contributed by atoms with Crippen LogP contribution < -0.4 is 10.6 Å². The molecule has 1 fully saturated rings. The summed E-state index contributed by atoms with van der Waals surface area (Å²) >= 11 is 0. The Labute approximate surface area is 142 Å². The van der Waals surface area contributed by atoms with Gasteiger partial charge in [0.15, 0.2) is 0 Å². The summed E-state index contributed by atoms with van der Waals surface area (Å²) in [4.78, 5) is 15.5. The fourth-order valence-corrected chi connectivity index (χ4v) is 3.11. The Morgan fingerprint density at radius 3 is 3.04 bits per heavy atom. The first-order chi connectivity index (χ1) is 10.7. The summed E-state index contributed by atoms with van der Waals surface area (Å²) < 4.78 is 5.51. The molecule has 126 valence electrons. The Morgan fingerprint density at radius 1 is 1.43 bits per heavy atom. The third kappa shape index (κ3) is 3.86. The van der Waals surface area contributed by atoms with Crippen LogP contribution in [0.1, 0.15) is 18.1 Å². The van der Waals surface area contributed by atoms with Gasteiger partial charge in [-0.3, -0.25) is 4.79 Å². The molecule has 2 heterocycles. The molecule has 6 heteroatoms. The van der Waals surface area contributed by atoms with Crippen LogP contribution in [0.25, 0.3) is 10.9 Å². The number of H-pyrrole nitrogens is 1. The molecule has 2 aromatic rings. The molecule has 0 unspecified atom stereocenters. The molecule has 0 saturated carbocycles. The number of halogens is 1. The number of morpholine rings is 1. The number of carbonyl (C=O) groups is 1. The van der Waals surface area contributed by atoms with Crippen LogP contribution in [0.15, 0.2) is 24.4 Å². The first kappa shape index (κ1) is 17.8. The zero-order valence-electron chi connectivity index (χ0n) is 13.5. The molecular formula is C17H24ClN3O2. The third-order valence-electron chi connectivity index (χ3n) is 4.29. The van der Waals surface area contributed by atoms with Gasteiger partial charge < -0.3 is 20.4 Å². The number of carbonyl (C=O) groups excluding carboxylic acids is 1.